The SMILES string of the molecule is CCC(C)c1nc(C)cc(N2CCN(C(=O)c3c[nH]c(=O)[nH]3)CC2)n1. The van der Waals surface area contributed by atoms with Gasteiger partial charge in [0.2, 0.25) is 0 Å². The van der Waals surface area contributed by atoms with Crippen LogP contribution in [0.3, 0.4) is 0 Å². The molecule has 8 heteroatoms. The third-order valence-corrected chi connectivity index (χ3v) is 4.63. The van der Waals surface area contributed by atoms with Crippen molar-refractivity contribution in [3.8, 4) is 0 Å². The second-order valence-corrected chi connectivity index (χ2v) is 6.47. The van der Waals surface area contributed by atoms with E-state index in [-0.39, 0.29) is 11.6 Å². The van der Waals surface area contributed by atoms with Gasteiger partial charge in [0.1, 0.15) is 17.3 Å². The number of nitrogens with zero attached hydrogens (tertiary/aromatic N) is 4. The lowest BCUT2D eigenvalue weighted by atomic mass is 10.1. The molecule has 1 aliphatic heterocycles. The number of piperazine rings is 1. The van der Waals surface area contributed by atoms with E-state index in [9.17, 15) is 9.59 Å². The highest BCUT2D eigenvalue weighted by Crippen LogP contribution is 2.21. The van der Waals surface area contributed by atoms with Crippen LogP contribution in [0.15, 0.2) is 17.1 Å². The fourth-order valence-corrected chi connectivity index (χ4v) is 2.90. The monoisotopic (exact) mass is 344 g/mol. The number of nitrogens with one attached hydrogen (secondary N) is 2. The molecule has 1 saturated heterocycles. The Labute approximate surface area is 146 Å². The molecule has 0 radical (unpaired) electrons. The third kappa shape index (κ3) is 3.72. The first-order valence-electron chi connectivity index (χ1n) is 8.65. The van der Waals surface area contributed by atoms with Crippen molar-refractivity contribution in [2.24, 2.45) is 0 Å². The number of hydrogen-bond donors (Lipinski definition) is 2. The fourth-order valence-electron chi connectivity index (χ4n) is 2.90. The lowest BCUT2D eigenvalue weighted by Gasteiger charge is -2.35. The normalized spacial score (nSPS) is 16.1. The summed E-state index contributed by atoms with van der Waals surface area (Å²) in [5.74, 6) is 1.97. The van der Waals surface area contributed by atoms with Crippen molar-refractivity contribution in [3.63, 3.8) is 0 Å². The van der Waals surface area contributed by atoms with E-state index >= 15 is 0 Å². The Morgan fingerprint density at radius 2 is 2.00 bits per heavy atom. The van der Waals surface area contributed by atoms with Gasteiger partial charge >= 0.3 is 5.69 Å². The number of amides is 1. The third-order valence-electron chi connectivity index (χ3n) is 4.63. The second-order valence-electron chi connectivity index (χ2n) is 6.47. The van der Waals surface area contributed by atoms with Crippen LogP contribution in [-0.2, 0) is 0 Å². The Morgan fingerprint density at radius 3 is 2.60 bits per heavy atom. The molecule has 1 atom stereocenters. The van der Waals surface area contributed by atoms with E-state index in [1.807, 2.05) is 13.0 Å². The topological polar surface area (TPSA) is 98.0 Å². The van der Waals surface area contributed by atoms with Gasteiger partial charge in [-0.2, -0.15) is 0 Å². The predicted molar refractivity (Wildman–Crippen MR) is 95.0 cm³/mol. The maximum atomic E-state index is 12.4. The molecule has 0 spiro atoms. The number of hydrogen-bond acceptors (Lipinski definition) is 5. The average molecular weight is 344 g/mol. The maximum absolute atomic E-state index is 12.4. The van der Waals surface area contributed by atoms with Gasteiger partial charge in [-0.3, -0.25) is 4.79 Å². The van der Waals surface area contributed by atoms with Crippen molar-refractivity contribution in [1.82, 2.24) is 24.8 Å². The number of carbonyl (C=O) groups excluding carboxylic acids is 1. The molecule has 1 unspecified atom stereocenters. The predicted octanol–water partition coefficient (Wildman–Crippen LogP) is 1.28. The molecule has 2 N–H and O–H groups in total. The van der Waals surface area contributed by atoms with Crippen LogP contribution in [0.1, 0.15) is 48.2 Å². The molecule has 8 nitrogen and oxygen atoms in total. The number of H-pyrrole nitrogens is 2. The highest BCUT2D eigenvalue weighted by atomic mass is 16.2. The molecular formula is C17H24N6O2. The molecule has 1 fully saturated rings. The number of carbonyl (C=O) groups is 1. The molecule has 3 rings (SSSR count). The zero-order chi connectivity index (χ0) is 18.0. The minimum Gasteiger partial charge on any atom is -0.353 e. The van der Waals surface area contributed by atoms with Crippen LogP contribution in [0.4, 0.5) is 5.82 Å². The van der Waals surface area contributed by atoms with Crippen LogP contribution in [0.25, 0.3) is 0 Å². The Hall–Kier alpha value is -2.64. The zero-order valence-corrected chi connectivity index (χ0v) is 14.9. The number of imidazole rings is 1. The summed E-state index contributed by atoms with van der Waals surface area (Å²) in [6.07, 6.45) is 2.42. The molecule has 2 aromatic heterocycles. The summed E-state index contributed by atoms with van der Waals surface area (Å²) in [7, 11) is 0. The van der Waals surface area contributed by atoms with Crippen LogP contribution >= 0.6 is 0 Å². The van der Waals surface area contributed by atoms with Gasteiger partial charge in [0.05, 0.1) is 0 Å². The first kappa shape index (κ1) is 17.2. The number of aryl methyl sites for hydroxylation is 1. The van der Waals surface area contributed by atoms with Crippen LogP contribution in [0.2, 0.25) is 0 Å². The van der Waals surface area contributed by atoms with Gasteiger partial charge in [-0.25, -0.2) is 14.8 Å². The van der Waals surface area contributed by atoms with Crippen LogP contribution < -0.4 is 10.6 Å². The fraction of sp³-hybridized carbons (Fsp3) is 0.529. The Balaban J connectivity index is 1.69. The average Bonchev–Trinajstić information content (AvgIpc) is 3.06. The van der Waals surface area contributed by atoms with Gasteiger partial charge in [0.15, 0.2) is 0 Å². The molecule has 1 aliphatic rings. The van der Waals surface area contributed by atoms with Crippen molar-refractivity contribution in [1.29, 1.82) is 0 Å². The summed E-state index contributed by atoms with van der Waals surface area (Å²) < 4.78 is 0. The van der Waals surface area contributed by atoms with E-state index in [4.69, 9.17) is 4.98 Å². The van der Waals surface area contributed by atoms with E-state index in [1.165, 1.54) is 6.20 Å². The lowest BCUT2D eigenvalue weighted by Crippen LogP contribution is -2.49. The van der Waals surface area contributed by atoms with Gasteiger partial charge in [0, 0.05) is 50.1 Å². The summed E-state index contributed by atoms with van der Waals surface area (Å²) in [4.78, 5) is 41.7. The first-order valence-corrected chi connectivity index (χ1v) is 8.65. The number of rotatable bonds is 4. The van der Waals surface area contributed by atoms with Crippen molar-refractivity contribution < 1.29 is 4.79 Å². The summed E-state index contributed by atoms with van der Waals surface area (Å²) in [5, 5.41) is 0. The smallest absolute Gasteiger partial charge is 0.323 e. The standard InChI is InChI=1S/C17H24N6O2/c1-4-11(2)15-19-12(3)9-14(21-15)22-5-7-23(8-6-22)16(24)13-10-18-17(25)20-13/h9-11H,4-8H2,1-3H3,(H2,18,20,25). The van der Waals surface area contributed by atoms with Crippen molar-refractivity contribution >= 4 is 11.7 Å². The van der Waals surface area contributed by atoms with E-state index in [1.54, 1.807) is 4.90 Å². The summed E-state index contributed by atoms with van der Waals surface area (Å²) >= 11 is 0. The highest BCUT2D eigenvalue weighted by Gasteiger charge is 2.24. The molecule has 134 valence electrons. The van der Waals surface area contributed by atoms with E-state index in [0.29, 0.717) is 37.8 Å². The molecule has 0 bridgehead atoms. The van der Waals surface area contributed by atoms with Gasteiger partial charge in [-0.1, -0.05) is 13.8 Å². The van der Waals surface area contributed by atoms with Crippen molar-refractivity contribution in [3.05, 3.63) is 40.0 Å². The molecular weight excluding hydrogens is 320 g/mol. The Bertz CT molecular complexity index is 803. The molecule has 25 heavy (non-hydrogen) atoms. The van der Waals surface area contributed by atoms with Crippen LogP contribution in [0, 0.1) is 6.92 Å². The quantitative estimate of drug-likeness (QED) is 0.870. The summed E-state index contributed by atoms with van der Waals surface area (Å²) in [6.45, 7) is 8.84. The maximum Gasteiger partial charge on any atom is 0.323 e. The molecule has 0 aliphatic carbocycles. The van der Waals surface area contributed by atoms with E-state index in [2.05, 4.69) is 33.7 Å². The Kier molecular flexibility index (Phi) is 4.87. The van der Waals surface area contributed by atoms with Crippen molar-refractivity contribution in [2.45, 2.75) is 33.1 Å². The van der Waals surface area contributed by atoms with Gasteiger partial charge < -0.3 is 19.8 Å². The summed E-state index contributed by atoms with van der Waals surface area (Å²) in [5.41, 5.74) is 0.898. The Morgan fingerprint density at radius 1 is 1.28 bits per heavy atom. The minimum atomic E-state index is -0.365. The molecule has 3 heterocycles. The second kappa shape index (κ2) is 7.08. The largest absolute Gasteiger partial charge is 0.353 e. The van der Waals surface area contributed by atoms with Crippen LogP contribution in [0.5, 0.6) is 0 Å². The highest BCUT2D eigenvalue weighted by molar-refractivity contribution is 5.92. The van der Waals surface area contributed by atoms with Gasteiger partial charge in [-0.05, 0) is 13.3 Å². The lowest BCUT2D eigenvalue weighted by molar-refractivity contribution is 0.0741. The van der Waals surface area contributed by atoms with Crippen molar-refractivity contribution in [2.75, 3.05) is 31.1 Å². The molecule has 0 saturated carbocycles. The number of aromatic nitrogens is 4. The molecule has 2 aromatic rings. The number of aromatic amines is 2. The number of anilines is 1. The van der Waals surface area contributed by atoms with Gasteiger partial charge in [0.25, 0.3) is 5.91 Å². The van der Waals surface area contributed by atoms with Gasteiger partial charge in [-0.15, -0.1) is 0 Å². The minimum absolute atomic E-state index is 0.155. The van der Waals surface area contributed by atoms with Crippen LogP contribution in [-0.4, -0.2) is 56.9 Å². The molecule has 0 aromatic carbocycles. The zero-order valence-electron chi connectivity index (χ0n) is 14.9. The molecule has 1 amide bonds. The van der Waals surface area contributed by atoms with E-state index < -0.39 is 0 Å². The first-order chi connectivity index (χ1) is 12.0. The summed E-state index contributed by atoms with van der Waals surface area (Å²) in [6, 6.07) is 1.99. The van der Waals surface area contributed by atoms with E-state index in [0.717, 1.165) is 23.8 Å².